The molecule has 1 aromatic carbocycles. The molecule has 120 valence electrons. The van der Waals surface area contributed by atoms with Crippen molar-refractivity contribution >= 4 is 46.2 Å². The first-order chi connectivity index (χ1) is 10.9. The number of hydrogen-bond acceptors (Lipinski definition) is 6. The highest BCUT2D eigenvalue weighted by molar-refractivity contribution is 8.13. The number of aliphatic imine (C=N–C) groups is 2. The molecule has 4 N–H and O–H groups in total. The topological polar surface area (TPSA) is 134 Å². The predicted octanol–water partition coefficient (Wildman–Crippen LogP) is 1.09. The van der Waals surface area contributed by atoms with Crippen molar-refractivity contribution in [3.8, 4) is 0 Å². The van der Waals surface area contributed by atoms with Crippen LogP contribution in [0.3, 0.4) is 0 Å². The molecule has 1 heterocycles. The number of carboxylic acid groups (broad SMARTS) is 1. The maximum Gasteiger partial charge on any atom is 0.335 e. The average molecular weight is 334 g/mol. The Hall–Kier alpha value is -2.68. The molecule has 0 unspecified atom stereocenters. The van der Waals surface area contributed by atoms with Crippen LogP contribution in [-0.4, -0.2) is 39.6 Å². The highest BCUT2D eigenvalue weighted by atomic mass is 32.2. The second kappa shape index (κ2) is 7.54. The fourth-order valence-corrected chi connectivity index (χ4v) is 2.53. The second-order valence-corrected chi connectivity index (χ2v) is 5.66. The molecule has 1 aromatic rings. The molecule has 0 spiro atoms. The summed E-state index contributed by atoms with van der Waals surface area (Å²) in [7, 11) is 0. The molecule has 8 nitrogen and oxygen atoms in total. The smallest absolute Gasteiger partial charge is 0.335 e. The Labute approximate surface area is 135 Å². The second-order valence-electron chi connectivity index (χ2n) is 4.60. The van der Waals surface area contributed by atoms with Crippen molar-refractivity contribution in [3.63, 3.8) is 0 Å². The van der Waals surface area contributed by atoms with Crippen molar-refractivity contribution in [3.05, 3.63) is 29.8 Å². The van der Waals surface area contributed by atoms with Gasteiger partial charge in [-0.1, -0.05) is 11.8 Å². The number of nitrogens with one attached hydrogen (secondary N) is 1. The lowest BCUT2D eigenvalue weighted by Gasteiger charge is -2.08. The largest absolute Gasteiger partial charge is 0.478 e. The van der Waals surface area contributed by atoms with Crippen LogP contribution >= 0.6 is 11.8 Å². The predicted molar refractivity (Wildman–Crippen MR) is 87.8 cm³/mol. The van der Waals surface area contributed by atoms with Gasteiger partial charge in [0, 0.05) is 17.9 Å². The molecule has 2 amide bonds. The van der Waals surface area contributed by atoms with Gasteiger partial charge in [0.1, 0.15) is 5.84 Å². The third-order valence-corrected chi connectivity index (χ3v) is 3.62. The van der Waals surface area contributed by atoms with Crippen LogP contribution < -0.4 is 11.1 Å². The lowest BCUT2D eigenvalue weighted by Crippen LogP contribution is -2.22. The van der Waals surface area contributed by atoms with Crippen LogP contribution in [0, 0.1) is 0 Å². The third kappa shape index (κ3) is 5.22. The highest BCUT2D eigenvalue weighted by Gasteiger charge is 2.13. The zero-order valence-corrected chi connectivity index (χ0v) is 12.8. The van der Waals surface area contributed by atoms with Crippen LogP contribution in [0.5, 0.6) is 0 Å². The monoisotopic (exact) mass is 334 g/mol. The van der Waals surface area contributed by atoms with Gasteiger partial charge in [-0.3, -0.25) is 9.59 Å². The molecule has 0 saturated carbocycles. The first-order valence-electron chi connectivity index (χ1n) is 6.64. The quantitative estimate of drug-likeness (QED) is 0.738. The lowest BCUT2D eigenvalue weighted by molar-refractivity contribution is -0.117. The van der Waals surface area contributed by atoms with Crippen LogP contribution in [0.2, 0.25) is 0 Å². The van der Waals surface area contributed by atoms with Crippen molar-refractivity contribution in [1.29, 1.82) is 0 Å². The molecule has 0 fully saturated rings. The maximum absolute atomic E-state index is 11.8. The van der Waals surface area contributed by atoms with E-state index in [1.54, 1.807) is 0 Å². The Kier molecular flexibility index (Phi) is 5.47. The summed E-state index contributed by atoms with van der Waals surface area (Å²) in [6.45, 7) is 0. The van der Waals surface area contributed by atoms with Crippen LogP contribution in [0.15, 0.2) is 34.3 Å². The normalized spacial score (nSPS) is 14.0. The molecule has 1 aliphatic rings. The van der Waals surface area contributed by atoms with Crippen molar-refractivity contribution in [1.82, 2.24) is 0 Å². The third-order valence-electron chi connectivity index (χ3n) is 2.77. The zero-order valence-electron chi connectivity index (χ0n) is 12.0. The number of rotatable bonds is 5. The Morgan fingerprint density at radius 3 is 2.57 bits per heavy atom. The first kappa shape index (κ1) is 16.7. The van der Waals surface area contributed by atoms with E-state index in [9.17, 15) is 14.4 Å². The minimum atomic E-state index is -1.03. The summed E-state index contributed by atoms with van der Waals surface area (Å²) >= 11 is 1.17. The molecule has 0 aromatic heterocycles. The zero-order chi connectivity index (χ0) is 16.8. The van der Waals surface area contributed by atoms with Gasteiger partial charge in [-0.2, -0.15) is 4.99 Å². The summed E-state index contributed by atoms with van der Waals surface area (Å²) in [5, 5.41) is 11.7. The van der Waals surface area contributed by atoms with E-state index < -0.39 is 5.97 Å². The van der Waals surface area contributed by atoms with Gasteiger partial charge in [0.15, 0.2) is 5.17 Å². The number of carbonyl (C=O) groups excluding carboxylic acids is 2. The van der Waals surface area contributed by atoms with Gasteiger partial charge in [0.05, 0.1) is 12.0 Å². The van der Waals surface area contributed by atoms with E-state index in [1.165, 1.54) is 36.0 Å². The number of nitrogens with two attached hydrogens (primary N) is 1. The van der Waals surface area contributed by atoms with E-state index in [0.717, 1.165) is 0 Å². The Morgan fingerprint density at radius 2 is 1.96 bits per heavy atom. The van der Waals surface area contributed by atoms with Crippen molar-refractivity contribution in [2.24, 2.45) is 15.7 Å². The van der Waals surface area contributed by atoms with Crippen LogP contribution in [0.4, 0.5) is 5.69 Å². The first-order valence-corrected chi connectivity index (χ1v) is 7.63. The molecule has 0 bridgehead atoms. The van der Waals surface area contributed by atoms with E-state index in [1.807, 2.05) is 0 Å². The van der Waals surface area contributed by atoms with E-state index in [2.05, 4.69) is 15.3 Å². The molecule has 1 aliphatic heterocycles. The fraction of sp³-hybridized carbons (Fsp3) is 0.214. The van der Waals surface area contributed by atoms with Gasteiger partial charge < -0.3 is 16.2 Å². The number of aromatic carboxylic acids is 1. The number of hydrogen-bond donors (Lipinski definition) is 3. The molecule has 0 aliphatic carbocycles. The summed E-state index contributed by atoms with van der Waals surface area (Å²) in [6.07, 6.45) is 0.213. The van der Waals surface area contributed by atoms with Crippen LogP contribution in [-0.2, 0) is 9.59 Å². The van der Waals surface area contributed by atoms with Crippen LogP contribution in [0.1, 0.15) is 23.2 Å². The van der Waals surface area contributed by atoms with Gasteiger partial charge in [-0.25, -0.2) is 9.79 Å². The van der Waals surface area contributed by atoms with E-state index in [-0.39, 0.29) is 41.2 Å². The standard InChI is InChI=1S/C14H14N4O4S/c15-10-7-12(20)18-14(17-10)23-6-5-11(19)16-9-3-1-8(2-4-9)13(21)22/h1-4H,5-7H2,(H,16,19)(H,21,22)(H2,15,17,18,20). The van der Waals surface area contributed by atoms with Gasteiger partial charge in [0.25, 0.3) is 5.91 Å². The average Bonchev–Trinajstić information content (AvgIpc) is 2.46. The number of nitrogens with zero attached hydrogens (tertiary/aromatic N) is 2. The Balaban J connectivity index is 1.79. The summed E-state index contributed by atoms with van der Waals surface area (Å²) in [5.41, 5.74) is 6.16. The van der Waals surface area contributed by atoms with Crippen molar-refractivity contribution < 1.29 is 19.5 Å². The lowest BCUT2D eigenvalue weighted by atomic mass is 10.2. The SMILES string of the molecule is NC1=NC(SCCC(=O)Nc2ccc(C(=O)O)cc2)=NC(=O)C1. The molecule has 9 heteroatoms. The number of carboxylic acids is 1. The molecule has 0 atom stereocenters. The molecule has 2 rings (SSSR count). The van der Waals surface area contributed by atoms with E-state index in [4.69, 9.17) is 10.8 Å². The molecular weight excluding hydrogens is 320 g/mol. The minimum absolute atomic E-state index is 0.0247. The van der Waals surface area contributed by atoms with Gasteiger partial charge >= 0.3 is 5.97 Å². The number of thioether (sulfide) groups is 1. The minimum Gasteiger partial charge on any atom is -0.478 e. The number of amidine groups is 2. The Morgan fingerprint density at radius 1 is 1.26 bits per heavy atom. The summed E-state index contributed by atoms with van der Waals surface area (Å²) in [4.78, 5) is 41.4. The maximum atomic E-state index is 11.8. The van der Waals surface area contributed by atoms with Gasteiger partial charge in [0.2, 0.25) is 5.91 Å². The highest BCUT2D eigenvalue weighted by Crippen LogP contribution is 2.14. The van der Waals surface area contributed by atoms with Crippen molar-refractivity contribution in [2.75, 3.05) is 11.1 Å². The molecule has 0 saturated heterocycles. The van der Waals surface area contributed by atoms with Gasteiger partial charge in [-0.15, -0.1) is 0 Å². The number of anilines is 1. The van der Waals surface area contributed by atoms with E-state index >= 15 is 0 Å². The van der Waals surface area contributed by atoms with Gasteiger partial charge in [-0.05, 0) is 24.3 Å². The molecule has 23 heavy (non-hydrogen) atoms. The number of benzene rings is 1. The summed E-state index contributed by atoms with van der Waals surface area (Å²) < 4.78 is 0. The molecule has 0 radical (unpaired) electrons. The number of amides is 2. The summed E-state index contributed by atoms with van der Waals surface area (Å²) in [6, 6.07) is 5.85. The molecular formula is C14H14N4O4S. The number of carbonyl (C=O) groups is 3. The summed E-state index contributed by atoms with van der Waals surface area (Å²) in [5.74, 6) is -0.998. The Bertz CT molecular complexity index is 697. The van der Waals surface area contributed by atoms with Crippen LogP contribution in [0.25, 0.3) is 0 Å². The fourth-order valence-electron chi connectivity index (χ4n) is 1.71. The van der Waals surface area contributed by atoms with E-state index in [0.29, 0.717) is 11.4 Å². The van der Waals surface area contributed by atoms with Crippen molar-refractivity contribution in [2.45, 2.75) is 12.8 Å².